The summed E-state index contributed by atoms with van der Waals surface area (Å²) < 4.78 is 18.7. The molecular formula is C14H16FNO2. The van der Waals surface area contributed by atoms with Gasteiger partial charge in [-0.15, -0.1) is 0 Å². The zero-order chi connectivity index (χ0) is 13.0. The van der Waals surface area contributed by atoms with E-state index in [0.717, 1.165) is 5.56 Å². The second kappa shape index (κ2) is 5.31. The Morgan fingerprint density at radius 2 is 2.17 bits per heavy atom. The van der Waals surface area contributed by atoms with Gasteiger partial charge in [0.05, 0.1) is 5.54 Å². The average molecular weight is 249 g/mol. The fourth-order valence-corrected chi connectivity index (χ4v) is 2.28. The quantitative estimate of drug-likeness (QED) is 0.833. The number of carbonyl (C=O) groups excluding carboxylic acids is 1. The van der Waals surface area contributed by atoms with Crippen LogP contribution in [0.4, 0.5) is 4.39 Å². The molecule has 0 atom stereocenters. The Hall–Kier alpha value is -1.68. The normalized spacial score (nSPS) is 18.1. The molecule has 0 radical (unpaired) electrons. The number of hydrogen-bond donors (Lipinski definition) is 1. The molecule has 1 fully saturated rings. The number of amides is 1. The van der Waals surface area contributed by atoms with Crippen LogP contribution in [-0.4, -0.2) is 19.1 Å². The predicted molar refractivity (Wildman–Crippen MR) is 66.5 cm³/mol. The Morgan fingerprint density at radius 1 is 1.44 bits per heavy atom. The number of rotatable bonds is 3. The standard InChI is InChI=1S/C14H16FNO2/c1-2-13(17)16-14(6-8-18-9-7-14)11-4-3-5-12(15)10-11/h2-5,10H,1,6-9H2,(H,16,17). The van der Waals surface area contributed by atoms with Crippen LogP contribution in [0.2, 0.25) is 0 Å². The number of ether oxygens (including phenoxy) is 1. The molecule has 0 aromatic heterocycles. The smallest absolute Gasteiger partial charge is 0.244 e. The number of nitrogens with one attached hydrogen (secondary N) is 1. The van der Waals surface area contributed by atoms with Crippen LogP contribution in [-0.2, 0) is 15.1 Å². The molecule has 0 spiro atoms. The Labute approximate surface area is 106 Å². The molecule has 0 bridgehead atoms. The largest absolute Gasteiger partial charge is 0.381 e. The first-order chi connectivity index (χ1) is 8.66. The summed E-state index contributed by atoms with van der Waals surface area (Å²) in [6, 6.07) is 6.35. The topological polar surface area (TPSA) is 38.3 Å². The van der Waals surface area contributed by atoms with Crippen molar-refractivity contribution in [2.45, 2.75) is 18.4 Å². The predicted octanol–water partition coefficient (Wildman–Crippen LogP) is 2.13. The summed E-state index contributed by atoms with van der Waals surface area (Å²) in [5.41, 5.74) is 0.229. The molecule has 1 aromatic rings. The molecule has 0 saturated carbocycles. The summed E-state index contributed by atoms with van der Waals surface area (Å²) in [7, 11) is 0. The van der Waals surface area contributed by atoms with E-state index in [1.165, 1.54) is 18.2 Å². The van der Waals surface area contributed by atoms with E-state index in [1.54, 1.807) is 6.07 Å². The number of benzene rings is 1. The van der Waals surface area contributed by atoms with Crippen molar-refractivity contribution < 1.29 is 13.9 Å². The van der Waals surface area contributed by atoms with Crippen LogP contribution in [0.25, 0.3) is 0 Å². The third kappa shape index (κ3) is 2.59. The summed E-state index contributed by atoms with van der Waals surface area (Å²) in [5, 5.41) is 2.92. The minimum atomic E-state index is -0.550. The highest BCUT2D eigenvalue weighted by Gasteiger charge is 2.35. The van der Waals surface area contributed by atoms with Gasteiger partial charge in [0.1, 0.15) is 5.82 Å². The molecule has 1 saturated heterocycles. The number of hydrogen-bond acceptors (Lipinski definition) is 2. The van der Waals surface area contributed by atoms with Crippen molar-refractivity contribution in [2.24, 2.45) is 0 Å². The molecule has 2 rings (SSSR count). The SMILES string of the molecule is C=CC(=O)NC1(c2cccc(F)c2)CCOCC1. The van der Waals surface area contributed by atoms with Crippen molar-refractivity contribution in [3.05, 3.63) is 48.3 Å². The monoisotopic (exact) mass is 249 g/mol. The molecule has 1 amide bonds. The van der Waals surface area contributed by atoms with Gasteiger partial charge in [0.15, 0.2) is 0 Å². The van der Waals surface area contributed by atoms with Crippen LogP contribution in [0.5, 0.6) is 0 Å². The highest BCUT2D eigenvalue weighted by Crippen LogP contribution is 2.32. The van der Waals surface area contributed by atoms with E-state index in [0.29, 0.717) is 26.1 Å². The van der Waals surface area contributed by atoms with E-state index in [9.17, 15) is 9.18 Å². The van der Waals surface area contributed by atoms with Gasteiger partial charge in [-0.05, 0) is 36.6 Å². The third-order valence-electron chi connectivity index (χ3n) is 3.27. The summed E-state index contributed by atoms with van der Waals surface area (Å²) in [4.78, 5) is 11.6. The molecule has 0 unspecified atom stereocenters. The van der Waals surface area contributed by atoms with Gasteiger partial charge in [-0.2, -0.15) is 0 Å². The van der Waals surface area contributed by atoms with Crippen molar-refractivity contribution in [1.29, 1.82) is 0 Å². The summed E-state index contributed by atoms with van der Waals surface area (Å²) in [6.07, 6.45) is 2.50. The van der Waals surface area contributed by atoms with Crippen LogP contribution in [0.3, 0.4) is 0 Å². The zero-order valence-electron chi connectivity index (χ0n) is 10.1. The van der Waals surface area contributed by atoms with Gasteiger partial charge in [0.2, 0.25) is 5.91 Å². The molecule has 1 N–H and O–H groups in total. The van der Waals surface area contributed by atoms with Gasteiger partial charge in [0, 0.05) is 13.2 Å². The highest BCUT2D eigenvalue weighted by atomic mass is 19.1. The molecule has 3 nitrogen and oxygen atoms in total. The van der Waals surface area contributed by atoms with Crippen molar-refractivity contribution in [1.82, 2.24) is 5.32 Å². The number of halogens is 1. The van der Waals surface area contributed by atoms with E-state index in [-0.39, 0.29) is 11.7 Å². The van der Waals surface area contributed by atoms with E-state index < -0.39 is 5.54 Å². The Bertz CT molecular complexity index is 453. The fourth-order valence-electron chi connectivity index (χ4n) is 2.28. The van der Waals surface area contributed by atoms with Gasteiger partial charge in [-0.3, -0.25) is 4.79 Å². The molecule has 1 aromatic carbocycles. The lowest BCUT2D eigenvalue weighted by molar-refractivity contribution is -0.119. The van der Waals surface area contributed by atoms with Crippen LogP contribution in [0.1, 0.15) is 18.4 Å². The molecule has 18 heavy (non-hydrogen) atoms. The second-order valence-corrected chi connectivity index (χ2v) is 4.40. The molecule has 96 valence electrons. The third-order valence-corrected chi connectivity index (χ3v) is 3.27. The zero-order valence-corrected chi connectivity index (χ0v) is 10.1. The molecular weight excluding hydrogens is 233 g/mol. The van der Waals surface area contributed by atoms with Crippen molar-refractivity contribution in [3.63, 3.8) is 0 Å². The summed E-state index contributed by atoms with van der Waals surface area (Å²) in [5.74, 6) is -0.549. The molecule has 0 aliphatic carbocycles. The Kier molecular flexibility index (Phi) is 3.77. The van der Waals surface area contributed by atoms with E-state index >= 15 is 0 Å². The van der Waals surface area contributed by atoms with Crippen molar-refractivity contribution in [2.75, 3.05) is 13.2 Å². The van der Waals surface area contributed by atoms with Crippen LogP contribution in [0, 0.1) is 5.82 Å². The first-order valence-corrected chi connectivity index (χ1v) is 5.95. The first-order valence-electron chi connectivity index (χ1n) is 5.95. The maximum absolute atomic E-state index is 13.3. The van der Waals surface area contributed by atoms with E-state index in [1.807, 2.05) is 6.07 Å². The molecule has 1 aliphatic rings. The van der Waals surface area contributed by atoms with Crippen molar-refractivity contribution in [3.8, 4) is 0 Å². The maximum Gasteiger partial charge on any atom is 0.244 e. The molecule has 4 heteroatoms. The lowest BCUT2D eigenvalue weighted by Crippen LogP contribution is -2.49. The van der Waals surface area contributed by atoms with E-state index in [2.05, 4.69) is 11.9 Å². The summed E-state index contributed by atoms with van der Waals surface area (Å²) >= 11 is 0. The Balaban J connectivity index is 2.34. The van der Waals surface area contributed by atoms with Gasteiger partial charge < -0.3 is 10.1 Å². The minimum Gasteiger partial charge on any atom is -0.381 e. The van der Waals surface area contributed by atoms with Crippen molar-refractivity contribution >= 4 is 5.91 Å². The van der Waals surface area contributed by atoms with Crippen LogP contribution in [0.15, 0.2) is 36.9 Å². The molecule has 1 heterocycles. The van der Waals surface area contributed by atoms with Crippen LogP contribution >= 0.6 is 0 Å². The second-order valence-electron chi connectivity index (χ2n) is 4.40. The lowest BCUT2D eigenvalue weighted by atomic mass is 9.82. The summed E-state index contributed by atoms with van der Waals surface area (Å²) in [6.45, 7) is 4.55. The van der Waals surface area contributed by atoms with Gasteiger partial charge >= 0.3 is 0 Å². The fraction of sp³-hybridized carbons (Fsp3) is 0.357. The van der Waals surface area contributed by atoms with Crippen LogP contribution < -0.4 is 5.32 Å². The van der Waals surface area contributed by atoms with E-state index in [4.69, 9.17) is 4.74 Å². The van der Waals surface area contributed by atoms with Gasteiger partial charge in [-0.25, -0.2) is 4.39 Å². The minimum absolute atomic E-state index is 0.249. The Morgan fingerprint density at radius 3 is 2.78 bits per heavy atom. The lowest BCUT2D eigenvalue weighted by Gasteiger charge is -2.38. The highest BCUT2D eigenvalue weighted by molar-refractivity contribution is 5.87. The maximum atomic E-state index is 13.3. The molecule has 1 aliphatic heterocycles. The average Bonchev–Trinajstić information content (AvgIpc) is 2.39. The first kappa shape index (κ1) is 12.8. The van der Waals surface area contributed by atoms with Gasteiger partial charge in [-0.1, -0.05) is 18.7 Å². The van der Waals surface area contributed by atoms with Gasteiger partial charge in [0.25, 0.3) is 0 Å². The number of carbonyl (C=O) groups is 1.